The van der Waals surface area contributed by atoms with Gasteiger partial charge in [0.05, 0.1) is 11.4 Å². The van der Waals surface area contributed by atoms with Gasteiger partial charge in [0.2, 0.25) is 23.6 Å². The van der Waals surface area contributed by atoms with Crippen molar-refractivity contribution in [1.82, 2.24) is 10.9 Å². The number of carbonyl (C=O) groups excluding carboxylic acids is 4. The minimum atomic E-state index is -0.295. The molecule has 0 spiro atoms. The van der Waals surface area contributed by atoms with Crippen LogP contribution in [-0.2, 0) is 19.2 Å². The molecule has 0 fully saturated rings. The van der Waals surface area contributed by atoms with Crippen molar-refractivity contribution in [1.29, 1.82) is 0 Å². The van der Waals surface area contributed by atoms with E-state index >= 15 is 0 Å². The van der Waals surface area contributed by atoms with E-state index in [0.29, 0.717) is 24.2 Å². The summed E-state index contributed by atoms with van der Waals surface area (Å²) in [6, 6.07) is 18.1. The zero-order valence-electron chi connectivity index (χ0n) is 20.0. The number of nitrogens with zero attached hydrogens (tertiary/aromatic N) is 2. The lowest BCUT2D eigenvalue weighted by Gasteiger charge is -2.22. The van der Waals surface area contributed by atoms with Gasteiger partial charge in [0.15, 0.2) is 0 Å². The number of hydrogen-bond acceptors (Lipinski definition) is 4. The van der Waals surface area contributed by atoms with E-state index in [0.717, 1.165) is 38.5 Å². The standard InChI is InChI=1S/C26H34N4O4/c1-21(31)27-29(23-15-9-7-10-16-23)25(33)19-13-5-3-4-6-14-20-26(34)30(28-22(2)32)24-17-11-8-12-18-24/h7-12,15-18H,3-6,13-14,19-20H2,1-2H3,(H,27,31)(H,28,32). The summed E-state index contributed by atoms with van der Waals surface area (Å²) < 4.78 is 0. The normalized spacial score (nSPS) is 10.3. The Bertz CT molecular complexity index is 857. The van der Waals surface area contributed by atoms with Crippen LogP contribution in [0.15, 0.2) is 60.7 Å². The molecule has 0 saturated carbocycles. The van der Waals surface area contributed by atoms with Gasteiger partial charge in [-0.05, 0) is 37.1 Å². The molecule has 0 aliphatic carbocycles. The molecule has 0 radical (unpaired) electrons. The Labute approximate surface area is 201 Å². The van der Waals surface area contributed by atoms with E-state index in [-0.39, 0.29) is 23.6 Å². The summed E-state index contributed by atoms with van der Waals surface area (Å²) in [6.45, 7) is 2.76. The number of unbranched alkanes of at least 4 members (excludes halogenated alkanes) is 5. The molecular formula is C26H34N4O4. The highest BCUT2D eigenvalue weighted by Crippen LogP contribution is 2.16. The lowest BCUT2D eigenvalue weighted by Crippen LogP contribution is -2.45. The summed E-state index contributed by atoms with van der Waals surface area (Å²) in [4.78, 5) is 48.1. The highest BCUT2D eigenvalue weighted by atomic mass is 16.2. The van der Waals surface area contributed by atoms with Gasteiger partial charge in [-0.25, -0.2) is 10.0 Å². The van der Waals surface area contributed by atoms with Gasteiger partial charge in [-0.15, -0.1) is 0 Å². The van der Waals surface area contributed by atoms with Crippen LogP contribution in [0, 0.1) is 0 Å². The molecule has 0 bridgehead atoms. The van der Waals surface area contributed by atoms with Gasteiger partial charge in [0.1, 0.15) is 0 Å². The van der Waals surface area contributed by atoms with Crippen LogP contribution in [0.3, 0.4) is 0 Å². The molecule has 8 heteroatoms. The van der Waals surface area contributed by atoms with E-state index in [1.165, 1.54) is 23.9 Å². The van der Waals surface area contributed by atoms with E-state index in [1.54, 1.807) is 24.3 Å². The molecule has 2 aromatic carbocycles. The van der Waals surface area contributed by atoms with Crippen molar-refractivity contribution in [2.45, 2.75) is 65.2 Å². The average Bonchev–Trinajstić information content (AvgIpc) is 2.83. The predicted octanol–water partition coefficient (Wildman–Crippen LogP) is 4.28. The van der Waals surface area contributed by atoms with E-state index in [1.807, 2.05) is 36.4 Å². The van der Waals surface area contributed by atoms with Crippen molar-refractivity contribution < 1.29 is 19.2 Å². The molecule has 0 unspecified atom stereocenters. The van der Waals surface area contributed by atoms with E-state index in [4.69, 9.17) is 0 Å². The average molecular weight is 467 g/mol. The molecule has 4 amide bonds. The quantitative estimate of drug-likeness (QED) is 0.381. The van der Waals surface area contributed by atoms with Crippen LogP contribution in [0.25, 0.3) is 0 Å². The molecule has 182 valence electrons. The Hall–Kier alpha value is -3.68. The van der Waals surface area contributed by atoms with Gasteiger partial charge >= 0.3 is 0 Å². The predicted molar refractivity (Wildman–Crippen MR) is 132 cm³/mol. The number of rotatable bonds is 11. The van der Waals surface area contributed by atoms with Gasteiger partial charge in [-0.1, -0.05) is 62.1 Å². The number of nitrogens with one attached hydrogen (secondary N) is 2. The molecule has 8 nitrogen and oxygen atoms in total. The monoisotopic (exact) mass is 466 g/mol. The van der Waals surface area contributed by atoms with E-state index in [2.05, 4.69) is 10.9 Å². The number of hydrogen-bond donors (Lipinski definition) is 2. The number of benzene rings is 2. The second-order valence-electron chi connectivity index (χ2n) is 8.09. The Balaban J connectivity index is 1.67. The first-order valence-corrected chi connectivity index (χ1v) is 11.7. The van der Waals surface area contributed by atoms with Crippen molar-refractivity contribution >= 4 is 35.0 Å². The minimum absolute atomic E-state index is 0.147. The summed E-state index contributed by atoms with van der Waals surface area (Å²) in [5.74, 6) is -0.885. The molecule has 0 heterocycles. The maximum absolute atomic E-state index is 12.6. The van der Waals surface area contributed by atoms with Crippen molar-refractivity contribution in [3.63, 3.8) is 0 Å². The van der Waals surface area contributed by atoms with Crippen LogP contribution in [0.1, 0.15) is 65.2 Å². The number of hydrazine groups is 2. The summed E-state index contributed by atoms with van der Waals surface area (Å²) in [7, 11) is 0. The molecule has 2 rings (SSSR count). The van der Waals surface area contributed by atoms with Crippen molar-refractivity contribution in [2.24, 2.45) is 0 Å². The molecule has 0 atom stereocenters. The van der Waals surface area contributed by atoms with Gasteiger partial charge in [-0.3, -0.25) is 30.0 Å². The van der Waals surface area contributed by atoms with Crippen LogP contribution in [0.2, 0.25) is 0 Å². The zero-order chi connectivity index (χ0) is 24.8. The van der Waals surface area contributed by atoms with E-state index in [9.17, 15) is 19.2 Å². The molecule has 0 saturated heterocycles. The van der Waals surface area contributed by atoms with Crippen molar-refractivity contribution in [2.75, 3.05) is 10.0 Å². The highest BCUT2D eigenvalue weighted by Gasteiger charge is 2.17. The fourth-order valence-corrected chi connectivity index (χ4v) is 3.49. The third kappa shape index (κ3) is 9.44. The molecule has 34 heavy (non-hydrogen) atoms. The molecule has 0 aliphatic rings. The highest BCUT2D eigenvalue weighted by molar-refractivity contribution is 5.96. The SMILES string of the molecule is CC(=O)NN(C(=O)CCCCCCCCC(=O)N(NC(C)=O)c1ccccc1)c1ccccc1. The fraction of sp³-hybridized carbons (Fsp3) is 0.385. The topological polar surface area (TPSA) is 98.8 Å². The Morgan fingerprint density at radius 1 is 0.559 bits per heavy atom. The number of anilines is 2. The number of amides is 4. The molecule has 0 aromatic heterocycles. The second-order valence-corrected chi connectivity index (χ2v) is 8.09. The summed E-state index contributed by atoms with van der Waals surface area (Å²) >= 11 is 0. The van der Waals surface area contributed by atoms with Crippen LogP contribution in [0.4, 0.5) is 11.4 Å². The van der Waals surface area contributed by atoms with Crippen molar-refractivity contribution in [3.05, 3.63) is 60.7 Å². The largest absolute Gasteiger partial charge is 0.274 e. The third-order valence-corrected chi connectivity index (χ3v) is 5.10. The fourth-order valence-electron chi connectivity index (χ4n) is 3.49. The van der Waals surface area contributed by atoms with Gasteiger partial charge in [0, 0.05) is 26.7 Å². The first kappa shape index (κ1) is 26.6. The summed E-state index contributed by atoms with van der Waals surface area (Å²) in [5, 5.41) is 2.61. The van der Waals surface area contributed by atoms with Crippen LogP contribution >= 0.6 is 0 Å². The van der Waals surface area contributed by atoms with E-state index < -0.39 is 0 Å². The summed E-state index contributed by atoms with van der Waals surface area (Å²) in [6.07, 6.45) is 5.85. The molecule has 2 N–H and O–H groups in total. The molecule has 2 aromatic rings. The van der Waals surface area contributed by atoms with Crippen LogP contribution in [0.5, 0.6) is 0 Å². The van der Waals surface area contributed by atoms with Gasteiger partial charge in [0.25, 0.3) is 0 Å². The van der Waals surface area contributed by atoms with Crippen LogP contribution < -0.4 is 20.9 Å². The molecular weight excluding hydrogens is 432 g/mol. The third-order valence-electron chi connectivity index (χ3n) is 5.10. The Morgan fingerprint density at radius 3 is 1.21 bits per heavy atom. The minimum Gasteiger partial charge on any atom is -0.274 e. The lowest BCUT2D eigenvalue weighted by atomic mass is 10.1. The Kier molecular flexibility index (Phi) is 11.3. The summed E-state index contributed by atoms with van der Waals surface area (Å²) in [5.41, 5.74) is 6.45. The second kappa shape index (κ2) is 14.5. The first-order valence-electron chi connectivity index (χ1n) is 11.7. The maximum Gasteiger partial charge on any atom is 0.245 e. The van der Waals surface area contributed by atoms with Crippen LogP contribution in [-0.4, -0.2) is 23.6 Å². The lowest BCUT2D eigenvalue weighted by molar-refractivity contribution is -0.125. The molecule has 0 aliphatic heterocycles. The smallest absolute Gasteiger partial charge is 0.245 e. The van der Waals surface area contributed by atoms with Crippen molar-refractivity contribution in [3.8, 4) is 0 Å². The first-order chi connectivity index (χ1) is 16.4. The van der Waals surface area contributed by atoms with Gasteiger partial charge < -0.3 is 0 Å². The zero-order valence-corrected chi connectivity index (χ0v) is 20.0. The number of para-hydroxylation sites is 2. The Morgan fingerprint density at radius 2 is 0.882 bits per heavy atom. The maximum atomic E-state index is 12.6. The van der Waals surface area contributed by atoms with Gasteiger partial charge in [-0.2, -0.15) is 0 Å². The number of carbonyl (C=O) groups is 4.